The molecule has 0 atom stereocenters. The van der Waals surface area contributed by atoms with Gasteiger partial charge >= 0.3 is 0 Å². The average molecular weight is 328 g/mol. The molecule has 2 aromatic rings. The van der Waals surface area contributed by atoms with Gasteiger partial charge in [-0.25, -0.2) is 14.4 Å². The predicted octanol–water partition coefficient (Wildman–Crippen LogP) is 1.95. The van der Waals surface area contributed by atoms with Gasteiger partial charge in [-0.1, -0.05) is 0 Å². The number of nitrogens with one attached hydrogen (secondary N) is 1. The molecule has 124 valence electrons. The van der Waals surface area contributed by atoms with Crippen molar-refractivity contribution in [3.8, 4) is 0 Å². The number of hydrogen-bond acceptors (Lipinski definition) is 4. The van der Waals surface area contributed by atoms with Gasteiger partial charge in [0.1, 0.15) is 18.2 Å². The maximum Gasteiger partial charge on any atom is 0.257 e. The van der Waals surface area contributed by atoms with Gasteiger partial charge in [0.05, 0.1) is 11.3 Å². The molecule has 2 heterocycles. The molecule has 0 spiro atoms. The zero-order valence-corrected chi connectivity index (χ0v) is 13.3. The molecule has 1 N–H and O–H groups in total. The number of hydrogen-bond donors (Lipinski definition) is 1. The standard InChI is InChI=1S/C17H17FN4O2/c1-11-19-9-14-15(20-11)3-2-8-22(17(14)24)10-16(23)21-13-6-4-12(18)5-7-13/h4-7,9H,2-3,8,10H2,1H3,(H,21,23). The third kappa shape index (κ3) is 3.56. The van der Waals surface area contributed by atoms with Crippen molar-refractivity contribution in [3.63, 3.8) is 0 Å². The summed E-state index contributed by atoms with van der Waals surface area (Å²) in [5, 5.41) is 2.66. The van der Waals surface area contributed by atoms with Crippen LogP contribution in [-0.2, 0) is 11.2 Å². The van der Waals surface area contributed by atoms with Crippen molar-refractivity contribution in [3.05, 3.63) is 53.4 Å². The number of benzene rings is 1. The Bertz CT molecular complexity index is 777. The highest BCUT2D eigenvalue weighted by molar-refractivity contribution is 6.00. The summed E-state index contributed by atoms with van der Waals surface area (Å²) in [5.41, 5.74) is 1.67. The SMILES string of the molecule is Cc1ncc2c(n1)CCCN(CC(=O)Nc1ccc(F)cc1)C2=O. The second-order valence-electron chi connectivity index (χ2n) is 5.66. The van der Waals surface area contributed by atoms with E-state index in [0.717, 1.165) is 12.1 Å². The number of anilines is 1. The third-order valence-corrected chi connectivity index (χ3v) is 3.81. The van der Waals surface area contributed by atoms with Crippen molar-refractivity contribution in [2.75, 3.05) is 18.4 Å². The number of halogens is 1. The highest BCUT2D eigenvalue weighted by atomic mass is 19.1. The van der Waals surface area contributed by atoms with Gasteiger partial charge < -0.3 is 10.2 Å². The zero-order chi connectivity index (χ0) is 17.1. The van der Waals surface area contributed by atoms with Crippen LogP contribution in [0.15, 0.2) is 30.5 Å². The fraction of sp³-hybridized carbons (Fsp3) is 0.294. The van der Waals surface area contributed by atoms with E-state index in [1.807, 2.05) is 0 Å². The van der Waals surface area contributed by atoms with E-state index in [1.54, 1.807) is 6.92 Å². The minimum Gasteiger partial charge on any atom is -0.329 e. The van der Waals surface area contributed by atoms with Crippen molar-refractivity contribution in [2.24, 2.45) is 0 Å². The molecule has 2 amide bonds. The number of aryl methyl sites for hydroxylation is 2. The quantitative estimate of drug-likeness (QED) is 0.934. The van der Waals surface area contributed by atoms with Crippen molar-refractivity contribution in [1.29, 1.82) is 0 Å². The Balaban J connectivity index is 1.70. The lowest BCUT2D eigenvalue weighted by Crippen LogP contribution is -2.38. The summed E-state index contributed by atoms with van der Waals surface area (Å²) in [5.74, 6) is -0.310. The van der Waals surface area contributed by atoms with Crippen LogP contribution in [0.4, 0.5) is 10.1 Å². The Kier molecular flexibility index (Phi) is 4.50. The lowest BCUT2D eigenvalue weighted by molar-refractivity contribution is -0.116. The van der Waals surface area contributed by atoms with Crippen LogP contribution >= 0.6 is 0 Å². The molecule has 0 radical (unpaired) electrons. The highest BCUT2D eigenvalue weighted by Crippen LogP contribution is 2.16. The lowest BCUT2D eigenvalue weighted by Gasteiger charge is -2.20. The van der Waals surface area contributed by atoms with Crippen LogP contribution in [-0.4, -0.2) is 39.8 Å². The Labute approximate surface area is 138 Å². The molecule has 7 heteroatoms. The van der Waals surface area contributed by atoms with Crippen LogP contribution < -0.4 is 5.32 Å². The molecule has 0 saturated carbocycles. The van der Waals surface area contributed by atoms with Crippen LogP contribution in [0.25, 0.3) is 0 Å². The van der Waals surface area contributed by atoms with Crippen molar-refractivity contribution >= 4 is 17.5 Å². The fourth-order valence-electron chi connectivity index (χ4n) is 2.65. The maximum atomic E-state index is 12.9. The van der Waals surface area contributed by atoms with E-state index in [9.17, 15) is 14.0 Å². The van der Waals surface area contributed by atoms with E-state index in [2.05, 4.69) is 15.3 Å². The summed E-state index contributed by atoms with van der Waals surface area (Å²) in [6.07, 6.45) is 2.94. The van der Waals surface area contributed by atoms with Gasteiger partial charge in [0.2, 0.25) is 5.91 Å². The van der Waals surface area contributed by atoms with Crippen LogP contribution in [0.5, 0.6) is 0 Å². The Morgan fingerprint density at radius 1 is 1.33 bits per heavy atom. The molecule has 0 unspecified atom stereocenters. The predicted molar refractivity (Wildman–Crippen MR) is 86.0 cm³/mol. The second kappa shape index (κ2) is 6.74. The number of amides is 2. The molecule has 6 nitrogen and oxygen atoms in total. The first-order chi connectivity index (χ1) is 11.5. The van der Waals surface area contributed by atoms with Crippen molar-refractivity contribution in [2.45, 2.75) is 19.8 Å². The largest absolute Gasteiger partial charge is 0.329 e. The molecule has 3 rings (SSSR count). The van der Waals surface area contributed by atoms with E-state index in [0.29, 0.717) is 30.0 Å². The summed E-state index contributed by atoms with van der Waals surface area (Å²) in [6.45, 7) is 2.19. The molecule has 0 fully saturated rings. The zero-order valence-electron chi connectivity index (χ0n) is 13.3. The summed E-state index contributed by atoms with van der Waals surface area (Å²) in [7, 11) is 0. The molecular weight excluding hydrogens is 311 g/mol. The van der Waals surface area contributed by atoms with Gasteiger partial charge in [0, 0.05) is 18.4 Å². The average Bonchev–Trinajstić information content (AvgIpc) is 2.69. The molecule has 0 bridgehead atoms. The van der Waals surface area contributed by atoms with E-state index in [4.69, 9.17) is 0 Å². The minimum absolute atomic E-state index is 0.0659. The molecular formula is C17H17FN4O2. The monoisotopic (exact) mass is 328 g/mol. The van der Waals surface area contributed by atoms with Gasteiger partial charge in [0.15, 0.2) is 0 Å². The number of aromatic nitrogens is 2. The van der Waals surface area contributed by atoms with Crippen LogP contribution in [0, 0.1) is 12.7 Å². The highest BCUT2D eigenvalue weighted by Gasteiger charge is 2.25. The number of nitrogens with zero attached hydrogens (tertiary/aromatic N) is 3. The van der Waals surface area contributed by atoms with Gasteiger partial charge in [-0.3, -0.25) is 9.59 Å². The van der Waals surface area contributed by atoms with Crippen molar-refractivity contribution < 1.29 is 14.0 Å². The Hall–Kier alpha value is -2.83. The Morgan fingerprint density at radius 2 is 2.08 bits per heavy atom. The third-order valence-electron chi connectivity index (χ3n) is 3.81. The molecule has 1 aliphatic heterocycles. The van der Waals surface area contributed by atoms with Gasteiger partial charge in [-0.05, 0) is 44.0 Å². The molecule has 1 aliphatic rings. The second-order valence-corrected chi connectivity index (χ2v) is 5.66. The van der Waals surface area contributed by atoms with E-state index in [1.165, 1.54) is 35.4 Å². The summed E-state index contributed by atoms with van der Waals surface area (Å²) in [4.78, 5) is 34.6. The number of rotatable bonds is 3. The van der Waals surface area contributed by atoms with E-state index < -0.39 is 0 Å². The van der Waals surface area contributed by atoms with E-state index >= 15 is 0 Å². The summed E-state index contributed by atoms with van der Waals surface area (Å²) in [6, 6.07) is 5.48. The molecule has 1 aromatic heterocycles. The molecule has 24 heavy (non-hydrogen) atoms. The maximum absolute atomic E-state index is 12.9. The van der Waals surface area contributed by atoms with Crippen LogP contribution in [0.1, 0.15) is 28.3 Å². The van der Waals surface area contributed by atoms with Crippen LogP contribution in [0.2, 0.25) is 0 Å². The lowest BCUT2D eigenvalue weighted by atomic mass is 10.1. The normalized spacial score (nSPS) is 14.1. The minimum atomic E-state index is -0.373. The number of fused-ring (bicyclic) bond motifs is 1. The van der Waals surface area contributed by atoms with Gasteiger partial charge in [-0.2, -0.15) is 0 Å². The first-order valence-corrected chi connectivity index (χ1v) is 7.70. The Morgan fingerprint density at radius 3 is 2.83 bits per heavy atom. The first-order valence-electron chi connectivity index (χ1n) is 7.70. The number of carbonyl (C=O) groups excluding carboxylic acids is 2. The van der Waals surface area contributed by atoms with Gasteiger partial charge in [-0.15, -0.1) is 0 Å². The topological polar surface area (TPSA) is 75.2 Å². The molecule has 1 aromatic carbocycles. The van der Waals surface area contributed by atoms with Crippen LogP contribution in [0.3, 0.4) is 0 Å². The summed E-state index contributed by atoms with van der Waals surface area (Å²) < 4.78 is 12.9. The first kappa shape index (κ1) is 16.0. The van der Waals surface area contributed by atoms with Gasteiger partial charge in [0.25, 0.3) is 5.91 Å². The summed E-state index contributed by atoms with van der Waals surface area (Å²) >= 11 is 0. The fourth-order valence-corrected chi connectivity index (χ4v) is 2.65. The molecule has 0 aliphatic carbocycles. The van der Waals surface area contributed by atoms with E-state index in [-0.39, 0.29) is 24.2 Å². The molecule has 0 saturated heterocycles. The van der Waals surface area contributed by atoms with Crippen molar-refractivity contribution in [1.82, 2.24) is 14.9 Å². The smallest absolute Gasteiger partial charge is 0.257 e. The number of carbonyl (C=O) groups is 2.